The maximum Gasteiger partial charge on any atom is 0.282 e. The van der Waals surface area contributed by atoms with Gasteiger partial charge in [0, 0.05) is 52.4 Å². The molecule has 29 heavy (non-hydrogen) atoms. The number of hydrogen-bond acceptors (Lipinski definition) is 6. The topological polar surface area (TPSA) is 97.2 Å². The molecule has 0 radical (unpaired) electrons. The molecule has 9 nitrogen and oxygen atoms in total. The highest BCUT2D eigenvalue weighted by atomic mass is 32.2. The van der Waals surface area contributed by atoms with Crippen molar-refractivity contribution in [3.05, 3.63) is 29.8 Å². The van der Waals surface area contributed by atoms with Gasteiger partial charge in [-0.1, -0.05) is 0 Å². The lowest BCUT2D eigenvalue weighted by Gasteiger charge is -2.39. The Kier molecular flexibility index (Phi) is 6.74. The maximum atomic E-state index is 12.8. The molecule has 1 unspecified atom stereocenters. The Labute approximate surface area is 172 Å². The van der Waals surface area contributed by atoms with Crippen LogP contribution in [-0.2, 0) is 15.0 Å². The average molecular weight is 422 g/mol. The van der Waals surface area contributed by atoms with E-state index in [-0.39, 0.29) is 19.0 Å². The Hall–Kier alpha value is -2.19. The fraction of sp³-hybridized carbons (Fsp3) is 0.579. The summed E-state index contributed by atoms with van der Waals surface area (Å²) in [5.74, 6) is 0.340. The van der Waals surface area contributed by atoms with E-state index in [2.05, 4.69) is 4.90 Å². The predicted octanol–water partition coefficient (Wildman–Crippen LogP) is -0.0380. The van der Waals surface area contributed by atoms with Gasteiger partial charge < -0.3 is 14.5 Å². The molecular weight excluding hydrogens is 394 g/mol. The highest BCUT2D eigenvalue weighted by Gasteiger charge is 2.35. The molecule has 0 aromatic heterocycles. The van der Waals surface area contributed by atoms with E-state index in [9.17, 15) is 13.2 Å². The van der Waals surface area contributed by atoms with Crippen LogP contribution < -0.4 is 4.74 Å². The molecule has 1 aromatic rings. The first-order valence-corrected chi connectivity index (χ1v) is 11.1. The van der Waals surface area contributed by atoms with E-state index in [1.807, 2.05) is 13.1 Å². The molecular formula is C19H27N5O4S. The fourth-order valence-corrected chi connectivity index (χ4v) is 5.02. The fourth-order valence-electron chi connectivity index (χ4n) is 3.44. The molecule has 0 saturated carbocycles. The van der Waals surface area contributed by atoms with Crippen molar-refractivity contribution in [1.82, 2.24) is 18.4 Å². The Morgan fingerprint density at radius 1 is 1.00 bits per heavy atom. The van der Waals surface area contributed by atoms with Crippen LogP contribution in [0, 0.1) is 11.3 Å². The zero-order valence-electron chi connectivity index (χ0n) is 16.8. The number of carbonyl (C=O) groups is 1. The quantitative estimate of drug-likeness (QED) is 0.662. The Morgan fingerprint density at radius 3 is 2.03 bits per heavy atom. The first-order chi connectivity index (χ1) is 13.8. The number of amides is 1. The predicted molar refractivity (Wildman–Crippen MR) is 107 cm³/mol. The number of benzene rings is 1. The van der Waals surface area contributed by atoms with Crippen molar-refractivity contribution in [2.75, 3.05) is 59.4 Å². The molecule has 2 aliphatic heterocycles. The summed E-state index contributed by atoms with van der Waals surface area (Å²) in [6.45, 7) is 5.35. The number of ether oxygens (including phenoxy) is 1. The van der Waals surface area contributed by atoms with Crippen molar-refractivity contribution in [2.24, 2.45) is 0 Å². The first kappa shape index (κ1) is 21.5. The minimum Gasteiger partial charge on any atom is -0.481 e. The largest absolute Gasteiger partial charge is 0.481 e. The van der Waals surface area contributed by atoms with Gasteiger partial charge in [-0.3, -0.25) is 4.79 Å². The maximum absolute atomic E-state index is 12.8. The number of rotatable bonds is 5. The second-order valence-corrected chi connectivity index (χ2v) is 9.26. The summed E-state index contributed by atoms with van der Waals surface area (Å²) in [4.78, 5) is 16.4. The smallest absolute Gasteiger partial charge is 0.282 e. The first-order valence-electron chi connectivity index (χ1n) is 9.70. The van der Waals surface area contributed by atoms with Gasteiger partial charge in [0.25, 0.3) is 16.1 Å². The van der Waals surface area contributed by atoms with Crippen LogP contribution in [0.5, 0.6) is 5.75 Å². The van der Waals surface area contributed by atoms with Gasteiger partial charge in [0.05, 0.1) is 11.6 Å². The van der Waals surface area contributed by atoms with E-state index in [0.717, 1.165) is 13.1 Å². The Bertz CT molecular complexity index is 852. The molecule has 0 N–H and O–H groups in total. The summed E-state index contributed by atoms with van der Waals surface area (Å²) < 4.78 is 34.3. The van der Waals surface area contributed by atoms with Gasteiger partial charge in [0.2, 0.25) is 0 Å². The SMILES string of the molecule is CC(Oc1ccc(C#N)cc1)C(=O)N1CCN(S(=O)(=O)N2CCN(C)CC2)CC1. The summed E-state index contributed by atoms with van der Waals surface area (Å²) in [6, 6.07) is 8.61. The molecule has 2 fully saturated rings. The lowest BCUT2D eigenvalue weighted by molar-refractivity contribution is -0.139. The number of hydrogen-bond donors (Lipinski definition) is 0. The molecule has 0 bridgehead atoms. The number of carbonyl (C=O) groups excluding carboxylic acids is 1. The monoisotopic (exact) mass is 421 g/mol. The van der Waals surface area contributed by atoms with Crippen molar-refractivity contribution in [1.29, 1.82) is 5.26 Å². The van der Waals surface area contributed by atoms with Crippen LogP contribution in [-0.4, -0.2) is 98.2 Å². The second-order valence-electron chi connectivity index (χ2n) is 7.33. The highest BCUT2D eigenvalue weighted by Crippen LogP contribution is 2.17. The zero-order chi connectivity index (χ0) is 21.0. The van der Waals surface area contributed by atoms with Crippen LogP contribution >= 0.6 is 0 Å². The van der Waals surface area contributed by atoms with E-state index in [1.165, 1.54) is 8.61 Å². The lowest BCUT2D eigenvalue weighted by atomic mass is 10.2. The Balaban J connectivity index is 1.52. The molecule has 10 heteroatoms. The number of piperazine rings is 2. The van der Waals surface area contributed by atoms with Gasteiger partial charge in [-0.25, -0.2) is 0 Å². The highest BCUT2D eigenvalue weighted by molar-refractivity contribution is 7.86. The third kappa shape index (κ3) is 5.05. The third-order valence-corrected chi connectivity index (χ3v) is 7.34. The number of nitriles is 1. The van der Waals surface area contributed by atoms with Gasteiger partial charge in [0.15, 0.2) is 6.10 Å². The average Bonchev–Trinajstić information content (AvgIpc) is 2.74. The van der Waals surface area contributed by atoms with Crippen LogP contribution in [0.1, 0.15) is 12.5 Å². The summed E-state index contributed by atoms with van der Waals surface area (Å²) in [5, 5.41) is 8.84. The van der Waals surface area contributed by atoms with E-state index in [1.54, 1.807) is 36.1 Å². The Morgan fingerprint density at radius 2 is 1.52 bits per heavy atom. The molecule has 0 aliphatic carbocycles. The second kappa shape index (κ2) is 9.09. The molecule has 2 heterocycles. The van der Waals surface area contributed by atoms with E-state index in [4.69, 9.17) is 10.00 Å². The standard InChI is InChI=1S/C19H27N5O4S/c1-16(28-18-5-3-17(15-20)4-6-18)19(25)22-9-13-24(14-10-22)29(26,27)23-11-7-21(2)8-12-23/h3-6,16H,7-14H2,1-2H3. The minimum absolute atomic E-state index is 0.175. The molecule has 1 amide bonds. The van der Waals surface area contributed by atoms with Crippen molar-refractivity contribution in [2.45, 2.75) is 13.0 Å². The summed E-state index contributed by atoms with van der Waals surface area (Å²) in [6.07, 6.45) is -0.691. The van der Waals surface area contributed by atoms with Crippen LogP contribution in [0.15, 0.2) is 24.3 Å². The minimum atomic E-state index is -3.49. The summed E-state index contributed by atoms with van der Waals surface area (Å²) >= 11 is 0. The van der Waals surface area contributed by atoms with E-state index >= 15 is 0 Å². The molecule has 3 rings (SSSR count). The van der Waals surface area contributed by atoms with Gasteiger partial charge in [0.1, 0.15) is 5.75 Å². The number of likely N-dealkylation sites (N-methyl/N-ethyl adjacent to an activating group) is 1. The van der Waals surface area contributed by atoms with Gasteiger partial charge >= 0.3 is 0 Å². The normalized spacial score (nSPS) is 20.8. The molecule has 158 valence electrons. The molecule has 2 aliphatic rings. The lowest BCUT2D eigenvalue weighted by Crippen LogP contribution is -2.58. The van der Waals surface area contributed by atoms with Crippen LogP contribution in [0.25, 0.3) is 0 Å². The van der Waals surface area contributed by atoms with Crippen molar-refractivity contribution in [3.63, 3.8) is 0 Å². The van der Waals surface area contributed by atoms with Gasteiger partial charge in [-0.2, -0.15) is 22.3 Å². The summed E-state index contributed by atoms with van der Waals surface area (Å²) in [7, 11) is -1.51. The molecule has 1 aromatic carbocycles. The van der Waals surface area contributed by atoms with Crippen LogP contribution in [0.2, 0.25) is 0 Å². The van der Waals surface area contributed by atoms with E-state index < -0.39 is 16.3 Å². The molecule has 2 saturated heterocycles. The van der Waals surface area contributed by atoms with Crippen molar-refractivity contribution >= 4 is 16.1 Å². The van der Waals surface area contributed by atoms with E-state index in [0.29, 0.717) is 37.5 Å². The zero-order valence-corrected chi connectivity index (χ0v) is 17.6. The van der Waals surface area contributed by atoms with Crippen LogP contribution in [0.4, 0.5) is 0 Å². The third-order valence-electron chi connectivity index (χ3n) is 5.31. The molecule has 0 spiro atoms. The molecule has 1 atom stereocenters. The van der Waals surface area contributed by atoms with Gasteiger partial charge in [-0.05, 0) is 38.2 Å². The van der Waals surface area contributed by atoms with Gasteiger partial charge in [-0.15, -0.1) is 0 Å². The number of nitrogens with zero attached hydrogens (tertiary/aromatic N) is 5. The van der Waals surface area contributed by atoms with Crippen molar-refractivity contribution in [3.8, 4) is 11.8 Å². The summed E-state index contributed by atoms with van der Waals surface area (Å²) in [5.41, 5.74) is 0.522. The van der Waals surface area contributed by atoms with Crippen LogP contribution in [0.3, 0.4) is 0 Å². The van der Waals surface area contributed by atoms with Crippen molar-refractivity contribution < 1.29 is 17.9 Å².